The Balaban J connectivity index is 1.71. The molecule has 3 aliphatic rings. The Labute approximate surface area is 104 Å². The minimum Gasteiger partial charge on any atom is -0.486 e. The maximum Gasteiger partial charge on any atom is 0.120 e. The van der Waals surface area contributed by atoms with Crippen LogP contribution < -0.4 is 5.32 Å². The quantitative estimate of drug-likeness (QED) is 0.808. The minimum atomic E-state index is 0.0199. The van der Waals surface area contributed by atoms with Crippen molar-refractivity contribution < 1.29 is 4.74 Å². The summed E-state index contributed by atoms with van der Waals surface area (Å²) >= 11 is 0. The van der Waals surface area contributed by atoms with Gasteiger partial charge in [-0.15, -0.1) is 0 Å². The van der Waals surface area contributed by atoms with Gasteiger partial charge in [0.1, 0.15) is 11.4 Å². The Morgan fingerprint density at radius 3 is 2.76 bits per heavy atom. The van der Waals surface area contributed by atoms with Crippen molar-refractivity contribution in [2.45, 2.75) is 51.0 Å². The first kappa shape index (κ1) is 11.3. The van der Waals surface area contributed by atoms with Crippen molar-refractivity contribution in [2.75, 3.05) is 13.1 Å². The summed E-state index contributed by atoms with van der Waals surface area (Å²) in [7, 11) is 0. The predicted molar refractivity (Wildman–Crippen MR) is 69.7 cm³/mol. The molecule has 1 saturated carbocycles. The summed E-state index contributed by atoms with van der Waals surface area (Å²) in [6.45, 7) is 4.31. The lowest BCUT2D eigenvalue weighted by molar-refractivity contribution is 0.0362. The number of hydrogen-bond acceptors (Lipinski definition) is 2. The van der Waals surface area contributed by atoms with Gasteiger partial charge in [-0.25, -0.2) is 0 Å². The third-order valence-electron chi connectivity index (χ3n) is 4.38. The van der Waals surface area contributed by atoms with Crippen molar-refractivity contribution >= 4 is 0 Å². The van der Waals surface area contributed by atoms with Gasteiger partial charge < -0.3 is 10.1 Å². The molecule has 1 saturated heterocycles. The first-order chi connectivity index (χ1) is 8.27. The van der Waals surface area contributed by atoms with Gasteiger partial charge in [0.15, 0.2) is 0 Å². The zero-order chi connectivity index (χ0) is 11.7. The zero-order valence-corrected chi connectivity index (χ0v) is 10.8. The van der Waals surface area contributed by atoms with E-state index in [0.717, 1.165) is 31.8 Å². The lowest BCUT2D eigenvalue weighted by Gasteiger charge is -2.35. The van der Waals surface area contributed by atoms with E-state index >= 15 is 0 Å². The summed E-state index contributed by atoms with van der Waals surface area (Å²) in [5.41, 5.74) is 1.53. The molecule has 0 radical (unpaired) electrons. The number of hydrogen-bond donors (Lipinski definition) is 1. The van der Waals surface area contributed by atoms with Crippen molar-refractivity contribution in [1.29, 1.82) is 0 Å². The summed E-state index contributed by atoms with van der Waals surface area (Å²) < 4.78 is 6.34. The summed E-state index contributed by atoms with van der Waals surface area (Å²) in [6, 6.07) is 0. The molecule has 0 unspecified atom stereocenters. The summed E-state index contributed by atoms with van der Waals surface area (Å²) in [4.78, 5) is 0. The average molecular weight is 233 g/mol. The molecule has 2 heteroatoms. The maximum absolute atomic E-state index is 6.34. The van der Waals surface area contributed by atoms with Crippen molar-refractivity contribution in [3.05, 3.63) is 23.5 Å². The Morgan fingerprint density at radius 1 is 1.29 bits per heavy atom. The highest BCUT2D eigenvalue weighted by Gasteiger charge is 2.34. The minimum absolute atomic E-state index is 0.0199. The van der Waals surface area contributed by atoms with Crippen molar-refractivity contribution in [2.24, 2.45) is 5.92 Å². The van der Waals surface area contributed by atoms with Crippen LogP contribution in [0.4, 0.5) is 0 Å². The largest absolute Gasteiger partial charge is 0.486 e. The van der Waals surface area contributed by atoms with Gasteiger partial charge in [0.25, 0.3) is 0 Å². The van der Waals surface area contributed by atoms with E-state index in [0.29, 0.717) is 0 Å². The highest BCUT2D eigenvalue weighted by molar-refractivity contribution is 5.33. The Kier molecular flexibility index (Phi) is 2.99. The van der Waals surface area contributed by atoms with Crippen LogP contribution in [0.2, 0.25) is 0 Å². The second kappa shape index (κ2) is 4.49. The molecular formula is C15H23NO. The van der Waals surface area contributed by atoms with E-state index in [9.17, 15) is 0 Å². The summed E-state index contributed by atoms with van der Waals surface area (Å²) in [5.74, 6) is 1.99. The van der Waals surface area contributed by atoms with Gasteiger partial charge in [-0.05, 0) is 56.7 Å². The standard InChI is InChI=1S/C15H23NO/c1-15(9-10-16-11-15)17-14-8-3-2-7-13(14)12-5-4-6-12/h7-8,12,16H,2-6,9-11H2,1H3/t15-/m0/s1. The van der Waals surface area contributed by atoms with E-state index < -0.39 is 0 Å². The van der Waals surface area contributed by atoms with Crippen LogP contribution in [-0.2, 0) is 4.74 Å². The van der Waals surface area contributed by atoms with E-state index in [2.05, 4.69) is 24.4 Å². The molecule has 1 N–H and O–H groups in total. The second-order valence-corrected chi connectivity index (χ2v) is 5.91. The molecule has 0 aromatic rings. The Hall–Kier alpha value is -0.760. The molecule has 0 aromatic heterocycles. The zero-order valence-electron chi connectivity index (χ0n) is 10.8. The van der Waals surface area contributed by atoms with Crippen molar-refractivity contribution in [3.63, 3.8) is 0 Å². The number of rotatable bonds is 3. The van der Waals surface area contributed by atoms with Crippen molar-refractivity contribution in [3.8, 4) is 0 Å². The lowest BCUT2D eigenvalue weighted by Crippen LogP contribution is -2.32. The number of allylic oxidation sites excluding steroid dienone is 3. The van der Waals surface area contributed by atoms with E-state index in [1.54, 1.807) is 0 Å². The lowest BCUT2D eigenvalue weighted by atomic mass is 9.77. The van der Waals surface area contributed by atoms with Gasteiger partial charge >= 0.3 is 0 Å². The second-order valence-electron chi connectivity index (χ2n) is 5.91. The predicted octanol–water partition coefficient (Wildman–Crippen LogP) is 3.16. The first-order valence-corrected chi connectivity index (χ1v) is 7.07. The third kappa shape index (κ3) is 2.28. The van der Waals surface area contributed by atoms with Crippen LogP contribution in [0.25, 0.3) is 0 Å². The monoisotopic (exact) mass is 233 g/mol. The maximum atomic E-state index is 6.34. The van der Waals surface area contributed by atoms with Gasteiger partial charge in [-0.2, -0.15) is 0 Å². The fraction of sp³-hybridized carbons (Fsp3) is 0.733. The molecule has 0 bridgehead atoms. The topological polar surface area (TPSA) is 21.3 Å². The van der Waals surface area contributed by atoms with Crippen LogP contribution in [0.5, 0.6) is 0 Å². The molecule has 94 valence electrons. The normalized spacial score (nSPS) is 33.9. The van der Waals surface area contributed by atoms with Crippen molar-refractivity contribution in [1.82, 2.24) is 5.32 Å². The van der Waals surface area contributed by atoms with Gasteiger partial charge in [0.05, 0.1) is 0 Å². The van der Waals surface area contributed by atoms with E-state index in [1.807, 2.05) is 0 Å². The molecule has 0 amide bonds. The molecule has 2 fully saturated rings. The van der Waals surface area contributed by atoms with Gasteiger partial charge in [0, 0.05) is 13.0 Å². The molecule has 0 spiro atoms. The highest BCUT2D eigenvalue weighted by atomic mass is 16.5. The molecule has 3 rings (SSSR count). The Bertz CT molecular complexity index is 346. The third-order valence-corrected chi connectivity index (χ3v) is 4.38. The molecule has 17 heavy (non-hydrogen) atoms. The molecule has 2 nitrogen and oxygen atoms in total. The highest BCUT2D eigenvalue weighted by Crippen LogP contribution is 2.40. The van der Waals surface area contributed by atoms with Crippen LogP contribution in [0.3, 0.4) is 0 Å². The van der Waals surface area contributed by atoms with E-state index in [4.69, 9.17) is 4.74 Å². The molecule has 1 atom stereocenters. The van der Waals surface area contributed by atoms with Crippen LogP contribution in [0.1, 0.15) is 45.4 Å². The van der Waals surface area contributed by atoms with Gasteiger partial charge in [-0.3, -0.25) is 0 Å². The molecular weight excluding hydrogens is 210 g/mol. The van der Waals surface area contributed by atoms with E-state index in [1.165, 1.54) is 37.0 Å². The SMILES string of the molecule is C[C@]1(OC2=CCCC=C2C2CCC2)CCNC1. The summed E-state index contributed by atoms with van der Waals surface area (Å²) in [5, 5.41) is 3.40. The van der Waals surface area contributed by atoms with Crippen LogP contribution >= 0.6 is 0 Å². The van der Waals surface area contributed by atoms with Crippen LogP contribution in [-0.4, -0.2) is 18.7 Å². The molecule has 1 heterocycles. The number of ether oxygens (including phenoxy) is 1. The molecule has 0 aromatic carbocycles. The molecule has 2 aliphatic carbocycles. The van der Waals surface area contributed by atoms with Crippen LogP contribution in [0, 0.1) is 5.92 Å². The first-order valence-electron chi connectivity index (χ1n) is 7.07. The smallest absolute Gasteiger partial charge is 0.120 e. The van der Waals surface area contributed by atoms with E-state index in [-0.39, 0.29) is 5.60 Å². The molecule has 1 aliphatic heterocycles. The van der Waals surface area contributed by atoms with Gasteiger partial charge in [-0.1, -0.05) is 12.5 Å². The summed E-state index contributed by atoms with van der Waals surface area (Å²) in [6.07, 6.45) is 12.3. The fourth-order valence-electron chi connectivity index (χ4n) is 3.01. The van der Waals surface area contributed by atoms with Crippen LogP contribution in [0.15, 0.2) is 23.5 Å². The van der Waals surface area contributed by atoms with Gasteiger partial charge in [0.2, 0.25) is 0 Å². The Morgan fingerprint density at radius 2 is 2.12 bits per heavy atom. The fourth-order valence-corrected chi connectivity index (χ4v) is 3.01. The average Bonchev–Trinajstić information content (AvgIpc) is 2.65. The number of nitrogens with one attached hydrogen (secondary N) is 1.